The van der Waals surface area contributed by atoms with Crippen LogP contribution in [0.5, 0.6) is 5.75 Å². The van der Waals surface area contributed by atoms with E-state index < -0.39 is 16.1 Å². The Morgan fingerprint density at radius 3 is 2.26 bits per heavy atom. The van der Waals surface area contributed by atoms with Crippen molar-refractivity contribution < 1.29 is 18.6 Å². The third-order valence-electron chi connectivity index (χ3n) is 8.38. The van der Waals surface area contributed by atoms with E-state index in [0.29, 0.717) is 50.9 Å². The molecule has 4 aromatic rings. The minimum Gasteiger partial charge on any atom is -0.506 e. The molecule has 2 aliphatic rings. The number of hydrogen-bond acceptors (Lipinski definition) is 12. The Morgan fingerprint density at radius 1 is 0.915 bits per heavy atom. The first-order valence-corrected chi connectivity index (χ1v) is 17.2. The molecule has 6 rings (SSSR count). The van der Waals surface area contributed by atoms with Crippen LogP contribution in [0.4, 0.5) is 29.2 Å². The first-order chi connectivity index (χ1) is 22.5. The summed E-state index contributed by atoms with van der Waals surface area (Å²) in [5.74, 6) is 0.753. The maximum absolute atomic E-state index is 13.9. The van der Waals surface area contributed by atoms with Crippen LogP contribution in [-0.2, 0) is 16.6 Å². The monoisotopic (exact) mass is 659 g/mol. The number of nitrogens with zero attached hydrogens (tertiary/aromatic N) is 6. The molecule has 2 fully saturated rings. The van der Waals surface area contributed by atoms with Gasteiger partial charge in [0.15, 0.2) is 0 Å². The van der Waals surface area contributed by atoms with Gasteiger partial charge in [-0.2, -0.15) is 15.0 Å². The predicted octanol–water partition coefficient (Wildman–Crippen LogP) is 2.85. The molecule has 0 aliphatic carbocycles. The molecule has 0 radical (unpaired) electrons. The van der Waals surface area contributed by atoms with Crippen molar-refractivity contribution in [2.24, 2.45) is 11.5 Å². The number of β-amino-alcohol motifs (C(OH)–C–C–N with tert-alkyl or cyclic N) is 1. The summed E-state index contributed by atoms with van der Waals surface area (Å²) in [5.41, 5.74) is 14.8. The minimum atomic E-state index is -3.99. The van der Waals surface area contributed by atoms with Crippen LogP contribution >= 0.6 is 0 Å². The van der Waals surface area contributed by atoms with Crippen molar-refractivity contribution >= 4 is 39.2 Å². The second kappa shape index (κ2) is 13.7. The van der Waals surface area contributed by atoms with Gasteiger partial charge in [-0.1, -0.05) is 48.0 Å². The number of nitrogens with two attached hydrogens (primary N) is 2. The van der Waals surface area contributed by atoms with Crippen molar-refractivity contribution in [1.29, 1.82) is 0 Å². The second-order valence-corrected chi connectivity index (χ2v) is 14.2. The number of hydrogen-bond donors (Lipinski definition) is 5. The van der Waals surface area contributed by atoms with Gasteiger partial charge in [-0.15, -0.1) is 0 Å². The quantitative estimate of drug-likeness (QED) is 0.166. The molecule has 1 aromatic heterocycles. The van der Waals surface area contributed by atoms with Gasteiger partial charge in [0.2, 0.25) is 17.8 Å². The Morgan fingerprint density at radius 2 is 1.60 bits per heavy atom. The molecule has 0 saturated carbocycles. The van der Waals surface area contributed by atoms with Crippen molar-refractivity contribution in [2.45, 2.75) is 55.8 Å². The average molecular weight is 660 g/mol. The molecule has 3 heterocycles. The van der Waals surface area contributed by atoms with Crippen molar-refractivity contribution in [3.05, 3.63) is 83.9 Å². The van der Waals surface area contributed by atoms with E-state index in [9.17, 15) is 18.6 Å². The van der Waals surface area contributed by atoms with Gasteiger partial charge < -0.3 is 36.8 Å². The maximum Gasteiger partial charge on any atom is 0.264 e. The number of phenols is 1. The minimum absolute atomic E-state index is 0.0608. The number of aliphatic hydroxyl groups excluding tert-OH is 1. The number of aliphatic hydroxyl groups is 1. The summed E-state index contributed by atoms with van der Waals surface area (Å²) in [5, 5.41) is 24.7. The molecule has 248 valence electrons. The third-order valence-corrected chi connectivity index (χ3v) is 10.2. The fraction of sp³-hybridized carbons (Fsp3) is 0.364. The maximum atomic E-state index is 13.9. The summed E-state index contributed by atoms with van der Waals surface area (Å²) >= 11 is 0. The highest BCUT2D eigenvalue weighted by Crippen LogP contribution is 2.35. The number of aromatic nitrogens is 3. The largest absolute Gasteiger partial charge is 0.506 e. The van der Waals surface area contributed by atoms with E-state index in [1.807, 2.05) is 47.1 Å². The van der Waals surface area contributed by atoms with Gasteiger partial charge in [0.05, 0.1) is 28.9 Å². The Kier molecular flexibility index (Phi) is 9.45. The molecule has 0 amide bonds. The number of aromatic hydroxyl groups is 1. The van der Waals surface area contributed by atoms with Gasteiger partial charge in [-0.05, 0) is 56.0 Å². The van der Waals surface area contributed by atoms with Crippen LogP contribution in [0.15, 0.2) is 77.7 Å². The third kappa shape index (κ3) is 7.57. The van der Waals surface area contributed by atoms with E-state index in [0.717, 1.165) is 17.5 Å². The van der Waals surface area contributed by atoms with Gasteiger partial charge in [0.25, 0.3) is 10.0 Å². The van der Waals surface area contributed by atoms with Crippen LogP contribution in [0, 0.1) is 6.92 Å². The molecule has 3 aromatic carbocycles. The lowest BCUT2D eigenvalue weighted by molar-refractivity contribution is 0.153. The Hall–Kier alpha value is -4.50. The van der Waals surface area contributed by atoms with Crippen LogP contribution in [0.1, 0.15) is 30.4 Å². The van der Waals surface area contributed by atoms with Gasteiger partial charge in [0.1, 0.15) is 5.75 Å². The molecule has 2 saturated heterocycles. The van der Waals surface area contributed by atoms with Gasteiger partial charge in [-0.3, -0.25) is 4.31 Å². The fourth-order valence-electron chi connectivity index (χ4n) is 5.97. The van der Waals surface area contributed by atoms with Crippen LogP contribution < -0.4 is 30.9 Å². The highest BCUT2D eigenvalue weighted by molar-refractivity contribution is 7.92. The van der Waals surface area contributed by atoms with Crippen molar-refractivity contribution in [1.82, 2.24) is 15.0 Å². The molecule has 1 unspecified atom stereocenters. The summed E-state index contributed by atoms with van der Waals surface area (Å²) in [6.45, 7) is 4.05. The molecule has 0 spiro atoms. The molecule has 7 N–H and O–H groups in total. The molecule has 3 atom stereocenters. The summed E-state index contributed by atoms with van der Waals surface area (Å²) in [4.78, 5) is 18.0. The summed E-state index contributed by atoms with van der Waals surface area (Å²) < 4.78 is 29.2. The first kappa shape index (κ1) is 32.4. The highest BCUT2D eigenvalue weighted by atomic mass is 32.2. The van der Waals surface area contributed by atoms with Crippen LogP contribution in [0.2, 0.25) is 0 Å². The van der Waals surface area contributed by atoms with Crippen LogP contribution in [0.3, 0.4) is 0 Å². The molecule has 2 aliphatic heterocycles. The normalized spacial score (nSPS) is 20.2. The zero-order valence-corrected chi connectivity index (χ0v) is 27.1. The van der Waals surface area contributed by atoms with Crippen molar-refractivity contribution in [2.75, 3.05) is 45.6 Å². The molecule has 14 heteroatoms. The van der Waals surface area contributed by atoms with E-state index in [1.165, 1.54) is 10.4 Å². The van der Waals surface area contributed by atoms with Crippen molar-refractivity contribution in [3.8, 4) is 5.75 Å². The second-order valence-electron chi connectivity index (χ2n) is 12.3. The number of aryl methyl sites for hydroxylation is 1. The standard InChI is InChI=1S/C33H41N9O4S/c1-22-9-12-28(13-10-22)47(45,46)42(18-23-6-3-2-4-7-23)26-11-14-29(30(44)17-26)36-31-37-32(40-15-5-8-27(43)21-40)39-33(38-31)41-19-24(34)16-25(35)20-41/h2-4,6-7,9-14,17,24-25,27,43-44H,5,8,15-16,18-21,34-35H2,1H3,(H,36,37,38,39)/t24-,25+,27?. The lowest BCUT2D eigenvalue weighted by Gasteiger charge is -2.35. The summed E-state index contributed by atoms with van der Waals surface area (Å²) in [6, 6.07) is 20.3. The lowest BCUT2D eigenvalue weighted by atomic mass is 10.0. The fourth-order valence-corrected chi connectivity index (χ4v) is 7.42. The van der Waals surface area contributed by atoms with E-state index in [4.69, 9.17) is 16.5 Å². The van der Waals surface area contributed by atoms with Crippen molar-refractivity contribution in [3.63, 3.8) is 0 Å². The molecule has 13 nitrogen and oxygen atoms in total. The number of rotatable bonds is 9. The number of phenolic OH excluding ortho intramolecular Hbond substituents is 1. The SMILES string of the molecule is Cc1ccc(S(=O)(=O)N(Cc2ccccc2)c2ccc(Nc3nc(N4CCCC(O)C4)nc(N4C[C@H](N)C[C@H](N)C4)n3)c(O)c2)cc1. The van der Waals surface area contributed by atoms with E-state index >= 15 is 0 Å². The van der Waals surface area contributed by atoms with Crippen LogP contribution in [0.25, 0.3) is 0 Å². The number of piperidine rings is 2. The number of anilines is 5. The highest BCUT2D eigenvalue weighted by Gasteiger charge is 2.29. The zero-order valence-electron chi connectivity index (χ0n) is 26.3. The van der Waals surface area contributed by atoms with Gasteiger partial charge in [-0.25, -0.2) is 8.42 Å². The van der Waals surface area contributed by atoms with Gasteiger partial charge in [0, 0.05) is 44.3 Å². The predicted molar refractivity (Wildman–Crippen MR) is 182 cm³/mol. The molecule has 47 heavy (non-hydrogen) atoms. The number of sulfonamides is 1. The van der Waals surface area contributed by atoms with Crippen LogP contribution in [-0.4, -0.2) is 77.9 Å². The topological polar surface area (TPSA) is 187 Å². The summed E-state index contributed by atoms with van der Waals surface area (Å²) in [7, 11) is -3.99. The van der Waals surface area contributed by atoms with Gasteiger partial charge >= 0.3 is 0 Å². The zero-order chi connectivity index (χ0) is 33.1. The molecular weight excluding hydrogens is 618 g/mol. The molecular formula is C33H41N9O4S. The smallest absolute Gasteiger partial charge is 0.264 e. The van der Waals surface area contributed by atoms with E-state index in [1.54, 1.807) is 36.4 Å². The Balaban J connectivity index is 1.33. The Labute approximate surface area is 274 Å². The average Bonchev–Trinajstić information content (AvgIpc) is 3.05. The molecule has 0 bridgehead atoms. The first-order valence-electron chi connectivity index (χ1n) is 15.7. The lowest BCUT2D eigenvalue weighted by Crippen LogP contribution is -2.53. The van der Waals surface area contributed by atoms with E-state index in [-0.39, 0.29) is 46.6 Å². The number of nitrogens with one attached hydrogen (secondary N) is 1. The Bertz CT molecular complexity index is 1780. The number of benzene rings is 3. The summed E-state index contributed by atoms with van der Waals surface area (Å²) in [6.07, 6.45) is 1.69. The van der Waals surface area contributed by atoms with E-state index in [2.05, 4.69) is 15.3 Å².